The van der Waals surface area contributed by atoms with Gasteiger partial charge in [0, 0.05) is 19.7 Å². The van der Waals surface area contributed by atoms with Crippen molar-refractivity contribution in [2.75, 3.05) is 13.6 Å². The van der Waals surface area contributed by atoms with E-state index in [1.165, 1.54) is 12.1 Å². The Bertz CT molecular complexity index is 477. The maximum atomic E-state index is 12.2. The highest BCUT2D eigenvalue weighted by Gasteiger charge is 2.21. The van der Waals surface area contributed by atoms with E-state index < -0.39 is 4.92 Å². The Kier molecular flexibility index (Phi) is 5.95. The van der Waals surface area contributed by atoms with Crippen LogP contribution in [0.1, 0.15) is 36.5 Å². The van der Waals surface area contributed by atoms with Crippen LogP contribution in [0.3, 0.4) is 0 Å². The van der Waals surface area contributed by atoms with Crippen LogP contribution in [0.2, 0.25) is 0 Å². The van der Waals surface area contributed by atoms with Crippen molar-refractivity contribution < 1.29 is 9.72 Å². The molecule has 1 rings (SSSR count). The Labute approximate surface area is 120 Å². The SMILES string of the molecule is CCCCCN(C)C(=O)c1cccc([N+](=O)[O-])c1Br. The van der Waals surface area contributed by atoms with Crippen LogP contribution < -0.4 is 0 Å². The first-order chi connectivity index (χ1) is 8.99. The fourth-order valence-electron chi connectivity index (χ4n) is 1.73. The molecule has 0 aromatic heterocycles. The number of benzene rings is 1. The number of nitro benzene ring substituents is 1. The Hall–Kier alpha value is -1.43. The van der Waals surface area contributed by atoms with Gasteiger partial charge in [0.15, 0.2) is 0 Å². The molecule has 0 radical (unpaired) electrons. The summed E-state index contributed by atoms with van der Waals surface area (Å²) in [4.78, 5) is 24.1. The Morgan fingerprint density at radius 2 is 2.11 bits per heavy atom. The van der Waals surface area contributed by atoms with Crippen molar-refractivity contribution in [3.05, 3.63) is 38.3 Å². The molecule has 0 spiro atoms. The van der Waals surface area contributed by atoms with Crippen molar-refractivity contribution in [1.29, 1.82) is 0 Å². The summed E-state index contributed by atoms with van der Waals surface area (Å²) in [6, 6.07) is 4.49. The third-order valence-corrected chi connectivity index (χ3v) is 3.68. The van der Waals surface area contributed by atoms with Crippen molar-refractivity contribution in [3.63, 3.8) is 0 Å². The number of hydrogen-bond donors (Lipinski definition) is 0. The molecule has 0 fully saturated rings. The number of carbonyl (C=O) groups excluding carboxylic acids is 1. The number of rotatable bonds is 6. The summed E-state index contributed by atoms with van der Waals surface area (Å²) >= 11 is 3.14. The zero-order chi connectivity index (χ0) is 14.4. The monoisotopic (exact) mass is 328 g/mol. The minimum atomic E-state index is -0.502. The van der Waals surface area contributed by atoms with Crippen LogP contribution in [0.4, 0.5) is 5.69 Å². The lowest BCUT2D eigenvalue weighted by molar-refractivity contribution is -0.385. The largest absolute Gasteiger partial charge is 0.342 e. The average Bonchev–Trinajstić information content (AvgIpc) is 2.38. The van der Waals surface area contributed by atoms with Crippen LogP contribution in [0, 0.1) is 10.1 Å². The molecule has 0 aliphatic rings. The standard InChI is InChI=1S/C13H17BrN2O3/c1-3-4-5-9-15(2)13(17)10-7-6-8-11(12(10)14)16(18)19/h6-8H,3-5,9H2,1-2H3. The molecule has 0 bridgehead atoms. The first kappa shape index (κ1) is 15.6. The number of unbranched alkanes of at least 4 members (excludes halogenated alkanes) is 2. The lowest BCUT2D eigenvalue weighted by Crippen LogP contribution is -2.28. The number of nitro groups is 1. The molecule has 0 atom stereocenters. The van der Waals surface area contributed by atoms with E-state index in [4.69, 9.17) is 0 Å². The van der Waals surface area contributed by atoms with E-state index in [0.29, 0.717) is 12.1 Å². The first-order valence-electron chi connectivity index (χ1n) is 6.17. The molecule has 0 saturated carbocycles. The van der Waals surface area contributed by atoms with Gasteiger partial charge in [0.05, 0.1) is 10.5 Å². The minimum absolute atomic E-state index is 0.0900. The maximum absolute atomic E-state index is 12.2. The highest BCUT2D eigenvalue weighted by atomic mass is 79.9. The predicted octanol–water partition coefficient (Wildman–Crippen LogP) is 3.62. The van der Waals surface area contributed by atoms with E-state index in [9.17, 15) is 14.9 Å². The number of hydrogen-bond acceptors (Lipinski definition) is 3. The number of nitrogens with zero attached hydrogens (tertiary/aromatic N) is 2. The van der Waals surface area contributed by atoms with Crippen LogP contribution in [0.15, 0.2) is 22.7 Å². The summed E-state index contributed by atoms with van der Waals surface area (Å²) in [5.41, 5.74) is 0.237. The smallest absolute Gasteiger partial charge is 0.284 e. The van der Waals surface area contributed by atoms with Crippen molar-refractivity contribution in [2.45, 2.75) is 26.2 Å². The molecule has 0 heterocycles. The summed E-state index contributed by atoms with van der Waals surface area (Å²) in [5, 5.41) is 10.8. The molecule has 6 heteroatoms. The minimum Gasteiger partial charge on any atom is -0.342 e. The first-order valence-corrected chi connectivity index (χ1v) is 6.96. The second-order valence-corrected chi connectivity index (χ2v) is 5.12. The van der Waals surface area contributed by atoms with Gasteiger partial charge in [-0.15, -0.1) is 0 Å². The number of amides is 1. The number of carbonyl (C=O) groups is 1. The van der Waals surface area contributed by atoms with Gasteiger partial charge in [-0.25, -0.2) is 0 Å². The molecule has 104 valence electrons. The Morgan fingerprint density at radius 1 is 1.42 bits per heavy atom. The van der Waals surface area contributed by atoms with Gasteiger partial charge < -0.3 is 4.90 Å². The van der Waals surface area contributed by atoms with Gasteiger partial charge in [-0.2, -0.15) is 0 Å². The van der Waals surface area contributed by atoms with E-state index >= 15 is 0 Å². The van der Waals surface area contributed by atoms with Crippen molar-refractivity contribution in [2.24, 2.45) is 0 Å². The van der Waals surface area contributed by atoms with E-state index in [1.54, 1.807) is 18.0 Å². The molecule has 0 aliphatic heterocycles. The predicted molar refractivity (Wildman–Crippen MR) is 77.3 cm³/mol. The molecule has 1 aromatic carbocycles. The van der Waals surface area contributed by atoms with Crippen molar-refractivity contribution >= 4 is 27.5 Å². The molecule has 0 saturated heterocycles. The van der Waals surface area contributed by atoms with Gasteiger partial charge >= 0.3 is 0 Å². The lowest BCUT2D eigenvalue weighted by Gasteiger charge is -2.17. The average molecular weight is 329 g/mol. The Morgan fingerprint density at radius 3 is 2.68 bits per heavy atom. The normalized spacial score (nSPS) is 10.3. The summed E-state index contributed by atoms with van der Waals surface area (Å²) in [7, 11) is 1.71. The zero-order valence-corrected chi connectivity index (χ0v) is 12.6. The van der Waals surface area contributed by atoms with Crippen LogP contribution in [0.25, 0.3) is 0 Å². The fourth-order valence-corrected chi connectivity index (χ4v) is 2.31. The molecule has 0 unspecified atom stereocenters. The van der Waals surface area contributed by atoms with Gasteiger partial charge in [0.25, 0.3) is 11.6 Å². The van der Waals surface area contributed by atoms with Crippen molar-refractivity contribution in [1.82, 2.24) is 4.90 Å². The molecular formula is C13H17BrN2O3. The highest BCUT2D eigenvalue weighted by molar-refractivity contribution is 9.10. The highest BCUT2D eigenvalue weighted by Crippen LogP contribution is 2.28. The summed E-state index contributed by atoms with van der Waals surface area (Å²) in [5.74, 6) is -0.202. The summed E-state index contributed by atoms with van der Waals surface area (Å²) in [6.45, 7) is 2.75. The van der Waals surface area contributed by atoms with Crippen LogP contribution in [-0.4, -0.2) is 29.3 Å². The van der Waals surface area contributed by atoms with E-state index in [0.717, 1.165) is 19.3 Å². The van der Waals surface area contributed by atoms with Gasteiger partial charge in [-0.1, -0.05) is 25.8 Å². The van der Waals surface area contributed by atoms with Gasteiger partial charge in [0.2, 0.25) is 0 Å². The third-order valence-electron chi connectivity index (χ3n) is 2.85. The topological polar surface area (TPSA) is 63.5 Å². The van der Waals surface area contributed by atoms with Gasteiger partial charge in [0.1, 0.15) is 4.47 Å². The number of halogens is 1. The zero-order valence-electron chi connectivity index (χ0n) is 11.1. The van der Waals surface area contributed by atoms with Crippen LogP contribution in [-0.2, 0) is 0 Å². The quantitative estimate of drug-likeness (QED) is 0.455. The van der Waals surface area contributed by atoms with Crippen LogP contribution in [0.5, 0.6) is 0 Å². The molecular weight excluding hydrogens is 312 g/mol. The summed E-state index contributed by atoms with van der Waals surface area (Å²) < 4.78 is 0.243. The van der Waals surface area contributed by atoms with Crippen LogP contribution >= 0.6 is 15.9 Å². The van der Waals surface area contributed by atoms with Gasteiger partial charge in [-0.3, -0.25) is 14.9 Å². The molecule has 5 nitrogen and oxygen atoms in total. The van der Waals surface area contributed by atoms with E-state index in [2.05, 4.69) is 22.9 Å². The molecule has 19 heavy (non-hydrogen) atoms. The third kappa shape index (κ3) is 4.02. The van der Waals surface area contributed by atoms with E-state index in [1.807, 2.05) is 0 Å². The van der Waals surface area contributed by atoms with E-state index in [-0.39, 0.29) is 16.1 Å². The second kappa shape index (κ2) is 7.23. The molecule has 0 N–H and O–H groups in total. The molecule has 1 amide bonds. The van der Waals surface area contributed by atoms with Gasteiger partial charge in [-0.05, 0) is 28.4 Å². The second-order valence-electron chi connectivity index (χ2n) is 4.33. The Balaban J connectivity index is 2.88. The fraction of sp³-hybridized carbons (Fsp3) is 0.462. The lowest BCUT2D eigenvalue weighted by atomic mass is 10.1. The molecule has 1 aromatic rings. The maximum Gasteiger partial charge on any atom is 0.284 e. The summed E-state index contributed by atoms with van der Waals surface area (Å²) in [6.07, 6.45) is 3.08. The molecule has 0 aliphatic carbocycles. The van der Waals surface area contributed by atoms with Crippen molar-refractivity contribution in [3.8, 4) is 0 Å².